The number of nitrogens with zero attached hydrogens (tertiary/aromatic N) is 3. The second kappa shape index (κ2) is 7.23. The number of carbonyl (C=O) groups is 1. The molecule has 0 radical (unpaired) electrons. The maximum Gasteiger partial charge on any atom is 0.272 e. The molecular formula is C21H21FN4O. The summed E-state index contributed by atoms with van der Waals surface area (Å²) < 4.78 is 13.5. The largest absolute Gasteiger partial charge is 0.368 e. The number of halogens is 1. The van der Waals surface area contributed by atoms with E-state index >= 15 is 0 Å². The van der Waals surface area contributed by atoms with Gasteiger partial charge in [-0.25, -0.2) is 4.39 Å². The molecule has 0 unspecified atom stereocenters. The molecule has 1 saturated heterocycles. The smallest absolute Gasteiger partial charge is 0.272 e. The van der Waals surface area contributed by atoms with Crippen molar-refractivity contribution in [3.05, 3.63) is 71.7 Å². The number of benzene rings is 2. The Bertz CT molecular complexity index is 946. The van der Waals surface area contributed by atoms with Crippen molar-refractivity contribution in [3.8, 4) is 11.3 Å². The van der Waals surface area contributed by atoms with Crippen LogP contribution in [0.15, 0.2) is 54.6 Å². The van der Waals surface area contributed by atoms with Crippen LogP contribution in [0.4, 0.5) is 10.1 Å². The van der Waals surface area contributed by atoms with Crippen LogP contribution in [0, 0.1) is 12.7 Å². The summed E-state index contributed by atoms with van der Waals surface area (Å²) in [6, 6.07) is 16.8. The lowest BCUT2D eigenvalue weighted by Gasteiger charge is -2.35. The van der Waals surface area contributed by atoms with Crippen molar-refractivity contribution in [2.45, 2.75) is 6.92 Å². The molecule has 6 heteroatoms. The number of rotatable bonds is 3. The Balaban J connectivity index is 1.43. The number of para-hydroxylation sites is 1. The molecule has 2 aromatic carbocycles. The molecule has 1 fully saturated rings. The summed E-state index contributed by atoms with van der Waals surface area (Å²) in [5.41, 5.74) is 3.63. The highest BCUT2D eigenvalue weighted by molar-refractivity contribution is 5.93. The topological polar surface area (TPSA) is 52.2 Å². The first-order valence-corrected chi connectivity index (χ1v) is 9.03. The average Bonchev–Trinajstić information content (AvgIpc) is 3.20. The van der Waals surface area contributed by atoms with Crippen molar-refractivity contribution in [2.24, 2.45) is 0 Å². The Morgan fingerprint density at radius 3 is 2.48 bits per heavy atom. The summed E-state index contributed by atoms with van der Waals surface area (Å²) in [7, 11) is 0. The van der Waals surface area contributed by atoms with Crippen molar-refractivity contribution in [2.75, 3.05) is 31.1 Å². The van der Waals surface area contributed by atoms with Crippen LogP contribution in [-0.2, 0) is 0 Å². The van der Waals surface area contributed by atoms with Gasteiger partial charge in [0.05, 0.1) is 5.69 Å². The SMILES string of the molecule is Cc1cc(-c2cc(C(=O)N3CCN(c4ccccc4)CC3)[nH]n2)ccc1F. The maximum absolute atomic E-state index is 13.5. The number of aryl methyl sites for hydroxylation is 1. The molecule has 0 aliphatic carbocycles. The third-order valence-electron chi connectivity index (χ3n) is 4.95. The van der Waals surface area contributed by atoms with E-state index in [9.17, 15) is 9.18 Å². The van der Waals surface area contributed by atoms with Gasteiger partial charge in [0.1, 0.15) is 11.5 Å². The van der Waals surface area contributed by atoms with Crippen LogP contribution >= 0.6 is 0 Å². The summed E-state index contributed by atoms with van der Waals surface area (Å²) >= 11 is 0. The number of aromatic nitrogens is 2. The molecule has 1 aliphatic rings. The van der Waals surface area contributed by atoms with Crippen LogP contribution in [0.1, 0.15) is 16.1 Å². The fourth-order valence-electron chi connectivity index (χ4n) is 3.36. The number of nitrogens with one attached hydrogen (secondary N) is 1. The lowest BCUT2D eigenvalue weighted by Crippen LogP contribution is -2.48. The van der Waals surface area contributed by atoms with Gasteiger partial charge in [0.15, 0.2) is 0 Å². The number of hydrogen-bond donors (Lipinski definition) is 1. The number of anilines is 1. The normalized spacial score (nSPS) is 14.4. The van der Waals surface area contributed by atoms with E-state index in [2.05, 4.69) is 27.2 Å². The Morgan fingerprint density at radius 1 is 1.04 bits per heavy atom. The van der Waals surface area contributed by atoms with E-state index in [0.717, 1.165) is 18.7 Å². The van der Waals surface area contributed by atoms with Gasteiger partial charge in [-0.1, -0.05) is 18.2 Å². The highest BCUT2D eigenvalue weighted by atomic mass is 19.1. The highest BCUT2D eigenvalue weighted by Crippen LogP contribution is 2.22. The van der Waals surface area contributed by atoms with E-state index < -0.39 is 0 Å². The lowest BCUT2D eigenvalue weighted by atomic mass is 10.1. The Labute approximate surface area is 157 Å². The minimum Gasteiger partial charge on any atom is -0.368 e. The zero-order chi connectivity index (χ0) is 18.8. The van der Waals surface area contributed by atoms with Crippen LogP contribution in [0.3, 0.4) is 0 Å². The number of piperazine rings is 1. The molecule has 0 saturated carbocycles. The van der Waals surface area contributed by atoms with E-state index in [-0.39, 0.29) is 11.7 Å². The van der Waals surface area contributed by atoms with Gasteiger partial charge in [-0.15, -0.1) is 0 Å². The summed E-state index contributed by atoms with van der Waals surface area (Å²) in [6.45, 7) is 4.64. The molecule has 1 amide bonds. The molecule has 138 valence electrons. The standard InChI is InChI=1S/C21H21FN4O/c1-15-13-16(7-8-18(15)22)19-14-20(24-23-19)21(27)26-11-9-25(10-12-26)17-5-3-2-4-6-17/h2-8,13-14H,9-12H2,1H3,(H,23,24). The van der Waals surface area contributed by atoms with Gasteiger partial charge >= 0.3 is 0 Å². The average molecular weight is 364 g/mol. The molecule has 1 aliphatic heterocycles. The monoisotopic (exact) mass is 364 g/mol. The number of H-pyrrole nitrogens is 1. The molecule has 1 N–H and O–H groups in total. The first-order chi connectivity index (χ1) is 13.1. The number of carbonyl (C=O) groups excluding carboxylic acids is 1. The molecule has 0 atom stereocenters. The van der Waals surface area contributed by atoms with Gasteiger partial charge in [0.2, 0.25) is 0 Å². The predicted octanol–water partition coefficient (Wildman–Crippen LogP) is 3.49. The Kier molecular flexibility index (Phi) is 4.62. The van der Waals surface area contributed by atoms with E-state index in [1.807, 2.05) is 23.1 Å². The maximum atomic E-state index is 13.5. The van der Waals surface area contributed by atoms with Crippen LogP contribution in [0.25, 0.3) is 11.3 Å². The van der Waals surface area contributed by atoms with E-state index in [1.54, 1.807) is 25.1 Å². The van der Waals surface area contributed by atoms with Gasteiger partial charge in [-0.05, 0) is 48.9 Å². The molecule has 0 bridgehead atoms. The van der Waals surface area contributed by atoms with Gasteiger partial charge in [-0.3, -0.25) is 9.89 Å². The van der Waals surface area contributed by atoms with Crippen LogP contribution in [-0.4, -0.2) is 47.2 Å². The second-order valence-electron chi connectivity index (χ2n) is 6.75. The third-order valence-corrected chi connectivity index (χ3v) is 4.95. The summed E-state index contributed by atoms with van der Waals surface area (Å²) in [5, 5.41) is 7.06. The molecule has 2 heterocycles. The Morgan fingerprint density at radius 2 is 1.78 bits per heavy atom. The van der Waals surface area contributed by atoms with E-state index in [0.29, 0.717) is 30.0 Å². The molecule has 27 heavy (non-hydrogen) atoms. The second-order valence-corrected chi connectivity index (χ2v) is 6.75. The predicted molar refractivity (Wildman–Crippen MR) is 103 cm³/mol. The Hall–Kier alpha value is -3.15. The van der Waals surface area contributed by atoms with Crippen LogP contribution in [0.2, 0.25) is 0 Å². The molecule has 1 aromatic heterocycles. The van der Waals surface area contributed by atoms with Gasteiger partial charge in [0.25, 0.3) is 5.91 Å². The third kappa shape index (κ3) is 3.56. The zero-order valence-corrected chi connectivity index (χ0v) is 15.2. The van der Waals surface area contributed by atoms with Crippen molar-refractivity contribution >= 4 is 11.6 Å². The van der Waals surface area contributed by atoms with Crippen LogP contribution < -0.4 is 4.90 Å². The quantitative estimate of drug-likeness (QED) is 0.774. The van der Waals surface area contributed by atoms with Gasteiger partial charge in [0, 0.05) is 37.4 Å². The zero-order valence-electron chi connectivity index (χ0n) is 15.2. The molecule has 5 nitrogen and oxygen atoms in total. The van der Waals surface area contributed by atoms with E-state index in [1.165, 1.54) is 11.8 Å². The molecular weight excluding hydrogens is 343 g/mol. The first kappa shape index (κ1) is 17.3. The number of aromatic amines is 1. The fraction of sp³-hybridized carbons (Fsp3) is 0.238. The number of hydrogen-bond acceptors (Lipinski definition) is 3. The molecule has 4 rings (SSSR count). The number of amides is 1. The van der Waals surface area contributed by atoms with Crippen molar-refractivity contribution < 1.29 is 9.18 Å². The summed E-state index contributed by atoms with van der Waals surface area (Å²) in [6.07, 6.45) is 0. The van der Waals surface area contributed by atoms with Crippen molar-refractivity contribution in [1.82, 2.24) is 15.1 Å². The van der Waals surface area contributed by atoms with Gasteiger partial charge in [-0.2, -0.15) is 5.10 Å². The van der Waals surface area contributed by atoms with Gasteiger partial charge < -0.3 is 9.80 Å². The molecule has 0 spiro atoms. The van der Waals surface area contributed by atoms with E-state index in [4.69, 9.17) is 0 Å². The minimum absolute atomic E-state index is 0.0553. The lowest BCUT2D eigenvalue weighted by molar-refractivity contribution is 0.0741. The summed E-state index contributed by atoms with van der Waals surface area (Å²) in [5.74, 6) is -0.304. The minimum atomic E-state index is -0.248. The van der Waals surface area contributed by atoms with Crippen molar-refractivity contribution in [1.29, 1.82) is 0 Å². The molecule has 3 aromatic rings. The highest BCUT2D eigenvalue weighted by Gasteiger charge is 2.23. The van der Waals surface area contributed by atoms with Crippen molar-refractivity contribution in [3.63, 3.8) is 0 Å². The fourth-order valence-corrected chi connectivity index (χ4v) is 3.36. The van der Waals surface area contributed by atoms with Crippen LogP contribution in [0.5, 0.6) is 0 Å². The first-order valence-electron chi connectivity index (χ1n) is 9.03. The summed E-state index contributed by atoms with van der Waals surface area (Å²) in [4.78, 5) is 16.9.